The highest BCUT2D eigenvalue weighted by atomic mass is 32.2. The molecular weight excluding hydrogens is 280 g/mol. The maximum atomic E-state index is 11.6. The van der Waals surface area contributed by atoms with E-state index in [0.717, 1.165) is 0 Å². The normalized spacial score (nSPS) is 12.2. The molecule has 0 saturated heterocycles. The molecular formula is C13H20N2O4S. The SMILES string of the molecule is CNS(=O)(=O)c1ccc(N(CC(=O)O)C(C)(C)C)cc1. The lowest BCUT2D eigenvalue weighted by atomic mass is 10.0. The van der Waals surface area contributed by atoms with E-state index in [4.69, 9.17) is 5.11 Å². The first-order valence-corrected chi connectivity index (χ1v) is 7.59. The molecule has 0 unspecified atom stereocenters. The number of rotatable bonds is 5. The standard InChI is InChI=1S/C13H20N2O4S/c1-13(2,3)15(9-12(16)17)10-5-7-11(8-6-10)20(18,19)14-4/h5-8,14H,9H2,1-4H3,(H,16,17). The maximum absolute atomic E-state index is 11.6. The van der Waals surface area contributed by atoms with E-state index in [9.17, 15) is 13.2 Å². The summed E-state index contributed by atoms with van der Waals surface area (Å²) in [6.07, 6.45) is 0. The third-order valence-corrected chi connectivity index (χ3v) is 4.26. The van der Waals surface area contributed by atoms with Crippen molar-refractivity contribution < 1.29 is 18.3 Å². The highest BCUT2D eigenvalue weighted by Crippen LogP contribution is 2.24. The Hall–Kier alpha value is -1.60. The third-order valence-electron chi connectivity index (χ3n) is 2.83. The van der Waals surface area contributed by atoms with E-state index in [1.807, 2.05) is 20.8 Å². The topological polar surface area (TPSA) is 86.7 Å². The van der Waals surface area contributed by atoms with Gasteiger partial charge >= 0.3 is 5.97 Å². The molecule has 0 saturated carbocycles. The van der Waals surface area contributed by atoms with E-state index >= 15 is 0 Å². The molecule has 7 heteroatoms. The van der Waals surface area contributed by atoms with Gasteiger partial charge in [-0.1, -0.05) is 0 Å². The average Bonchev–Trinajstić information content (AvgIpc) is 2.34. The van der Waals surface area contributed by atoms with Crippen LogP contribution < -0.4 is 9.62 Å². The fraction of sp³-hybridized carbons (Fsp3) is 0.462. The summed E-state index contributed by atoms with van der Waals surface area (Å²) in [5.74, 6) is -0.938. The Kier molecular flexibility index (Phi) is 4.77. The molecule has 1 aromatic carbocycles. The van der Waals surface area contributed by atoms with E-state index in [2.05, 4.69) is 4.72 Å². The Morgan fingerprint density at radius 2 is 1.75 bits per heavy atom. The molecule has 0 fully saturated rings. The number of hydrogen-bond donors (Lipinski definition) is 2. The van der Waals surface area contributed by atoms with Gasteiger partial charge in [0.2, 0.25) is 10.0 Å². The first-order chi connectivity index (χ1) is 9.08. The fourth-order valence-electron chi connectivity index (χ4n) is 1.77. The molecule has 1 aromatic rings. The van der Waals surface area contributed by atoms with Gasteiger partial charge in [-0.3, -0.25) is 4.79 Å². The zero-order valence-corrected chi connectivity index (χ0v) is 12.9. The quantitative estimate of drug-likeness (QED) is 0.855. The number of carbonyl (C=O) groups is 1. The minimum absolute atomic E-state index is 0.146. The lowest BCUT2D eigenvalue weighted by molar-refractivity contribution is -0.135. The zero-order valence-electron chi connectivity index (χ0n) is 12.0. The predicted octanol–water partition coefficient (Wildman–Crippen LogP) is 1.28. The van der Waals surface area contributed by atoms with Crippen LogP contribution in [0.4, 0.5) is 5.69 Å². The number of nitrogens with zero attached hydrogens (tertiary/aromatic N) is 1. The highest BCUT2D eigenvalue weighted by Gasteiger charge is 2.24. The molecule has 112 valence electrons. The van der Waals surface area contributed by atoms with Crippen molar-refractivity contribution in [2.24, 2.45) is 0 Å². The largest absolute Gasteiger partial charge is 0.480 e. The van der Waals surface area contributed by atoms with Crippen LogP contribution in [0.1, 0.15) is 20.8 Å². The van der Waals surface area contributed by atoms with Gasteiger partial charge in [-0.05, 0) is 52.1 Å². The molecule has 6 nitrogen and oxygen atoms in total. The van der Waals surface area contributed by atoms with Gasteiger partial charge in [-0.25, -0.2) is 13.1 Å². The molecule has 0 radical (unpaired) electrons. The first-order valence-electron chi connectivity index (χ1n) is 6.11. The van der Waals surface area contributed by atoms with Crippen molar-refractivity contribution in [2.75, 3.05) is 18.5 Å². The van der Waals surface area contributed by atoms with Gasteiger partial charge in [0.1, 0.15) is 6.54 Å². The van der Waals surface area contributed by atoms with Gasteiger partial charge in [0.25, 0.3) is 0 Å². The van der Waals surface area contributed by atoms with Crippen LogP contribution in [0, 0.1) is 0 Å². The number of anilines is 1. The van der Waals surface area contributed by atoms with Crippen molar-refractivity contribution in [3.8, 4) is 0 Å². The summed E-state index contributed by atoms with van der Waals surface area (Å²) in [6.45, 7) is 5.54. The van der Waals surface area contributed by atoms with Gasteiger partial charge in [-0.15, -0.1) is 0 Å². The van der Waals surface area contributed by atoms with E-state index in [1.165, 1.54) is 19.2 Å². The molecule has 0 spiro atoms. The number of nitrogens with one attached hydrogen (secondary N) is 1. The molecule has 1 rings (SSSR count). The number of carboxylic acid groups (broad SMARTS) is 1. The van der Waals surface area contributed by atoms with Gasteiger partial charge in [-0.2, -0.15) is 0 Å². The van der Waals surface area contributed by atoms with Crippen molar-refractivity contribution in [1.29, 1.82) is 0 Å². The Bertz CT molecular complexity index is 573. The van der Waals surface area contributed by atoms with Crippen molar-refractivity contribution in [2.45, 2.75) is 31.2 Å². The number of hydrogen-bond acceptors (Lipinski definition) is 4. The lowest BCUT2D eigenvalue weighted by Crippen LogP contribution is -2.44. The molecule has 0 aliphatic rings. The molecule has 0 aliphatic carbocycles. The number of aliphatic carboxylic acids is 1. The molecule has 0 aromatic heterocycles. The summed E-state index contributed by atoms with van der Waals surface area (Å²) in [5, 5.41) is 8.98. The average molecular weight is 300 g/mol. The van der Waals surface area contributed by atoms with Crippen LogP contribution in [0.15, 0.2) is 29.2 Å². The smallest absolute Gasteiger partial charge is 0.323 e. The molecule has 2 N–H and O–H groups in total. The van der Waals surface area contributed by atoms with Gasteiger partial charge in [0.15, 0.2) is 0 Å². The van der Waals surface area contributed by atoms with Gasteiger partial charge in [0.05, 0.1) is 4.90 Å². The zero-order chi connectivity index (χ0) is 15.6. The summed E-state index contributed by atoms with van der Waals surface area (Å²) in [6, 6.07) is 6.14. The number of benzene rings is 1. The Labute approximate surface area is 119 Å². The minimum atomic E-state index is -3.48. The first kappa shape index (κ1) is 16.5. The molecule has 0 aliphatic heterocycles. The van der Waals surface area contributed by atoms with Crippen molar-refractivity contribution in [3.63, 3.8) is 0 Å². The van der Waals surface area contributed by atoms with E-state index < -0.39 is 16.0 Å². The summed E-state index contributed by atoms with van der Waals surface area (Å²) in [4.78, 5) is 12.8. The van der Waals surface area contributed by atoms with Crippen LogP contribution in [0.25, 0.3) is 0 Å². The number of sulfonamides is 1. The summed E-state index contributed by atoms with van der Waals surface area (Å²) < 4.78 is 25.5. The van der Waals surface area contributed by atoms with Crippen LogP contribution >= 0.6 is 0 Å². The van der Waals surface area contributed by atoms with Crippen LogP contribution in [-0.4, -0.2) is 38.6 Å². The van der Waals surface area contributed by atoms with Crippen molar-refractivity contribution in [3.05, 3.63) is 24.3 Å². The van der Waals surface area contributed by atoms with Crippen LogP contribution in [-0.2, 0) is 14.8 Å². The van der Waals surface area contributed by atoms with Crippen molar-refractivity contribution in [1.82, 2.24) is 4.72 Å². The molecule has 0 atom stereocenters. The Morgan fingerprint density at radius 3 is 2.10 bits per heavy atom. The Morgan fingerprint density at radius 1 is 1.25 bits per heavy atom. The summed E-state index contributed by atoms with van der Waals surface area (Å²) in [5.41, 5.74) is 0.275. The second-order valence-corrected chi connectivity index (χ2v) is 7.24. The maximum Gasteiger partial charge on any atom is 0.323 e. The predicted molar refractivity (Wildman–Crippen MR) is 77.4 cm³/mol. The molecule has 0 amide bonds. The van der Waals surface area contributed by atoms with Crippen LogP contribution in [0.2, 0.25) is 0 Å². The third kappa shape index (κ3) is 3.94. The fourth-order valence-corrected chi connectivity index (χ4v) is 2.50. The second kappa shape index (κ2) is 5.80. The van der Waals surface area contributed by atoms with E-state index in [0.29, 0.717) is 5.69 Å². The number of carboxylic acids is 1. The van der Waals surface area contributed by atoms with Crippen LogP contribution in [0.3, 0.4) is 0 Å². The Balaban J connectivity index is 3.15. The van der Waals surface area contributed by atoms with Crippen LogP contribution in [0.5, 0.6) is 0 Å². The lowest BCUT2D eigenvalue weighted by Gasteiger charge is -2.36. The summed E-state index contributed by atoms with van der Waals surface area (Å²) >= 11 is 0. The molecule has 20 heavy (non-hydrogen) atoms. The molecule has 0 bridgehead atoms. The van der Waals surface area contributed by atoms with Gasteiger partial charge in [0, 0.05) is 11.2 Å². The van der Waals surface area contributed by atoms with Crippen molar-refractivity contribution >= 4 is 21.7 Å². The van der Waals surface area contributed by atoms with Gasteiger partial charge < -0.3 is 10.0 Å². The highest BCUT2D eigenvalue weighted by molar-refractivity contribution is 7.89. The minimum Gasteiger partial charge on any atom is -0.480 e. The monoisotopic (exact) mass is 300 g/mol. The molecule has 0 heterocycles. The van der Waals surface area contributed by atoms with E-state index in [1.54, 1.807) is 17.0 Å². The van der Waals surface area contributed by atoms with E-state index in [-0.39, 0.29) is 17.0 Å². The second-order valence-electron chi connectivity index (χ2n) is 5.35. The summed E-state index contributed by atoms with van der Waals surface area (Å²) in [7, 11) is -2.14.